The number of halogens is 2. The molecule has 1 aromatic heterocycles. The molecule has 1 saturated carbocycles. The predicted octanol–water partition coefficient (Wildman–Crippen LogP) is 2.96. The fraction of sp³-hybridized carbons (Fsp3) is 0.294. The number of anilines is 1. The van der Waals surface area contributed by atoms with E-state index in [-0.39, 0.29) is 6.10 Å². The number of nitrogens with two attached hydrogens (primary N) is 1. The lowest BCUT2D eigenvalue weighted by atomic mass is 9.63. The van der Waals surface area contributed by atoms with E-state index in [4.69, 9.17) is 10.6 Å². The molecule has 1 fully saturated rings. The Morgan fingerprint density at radius 1 is 1.33 bits per heavy atom. The van der Waals surface area contributed by atoms with Crippen LogP contribution in [0.2, 0.25) is 0 Å². The second-order valence-electron chi connectivity index (χ2n) is 5.93. The molecule has 1 heterocycles. The summed E-state index contributed by atoms with van der Waals surface area (Å²) in [5, 5.41) is 9.51. The van der Waals surface area contributed by atoms with Gasteiger partial charge in [0.25, 0.3) is 0 Å². The fourth-order valence-corrected chi connectivity index (χ4v) is 2.99. The summed E-state index contributed by atoms with van der Waals surface area (Å²) >= 11 is 0. The number of nitrogens with one attached hydrogen (secondary N) is 1. The van der Waals surface area contributed by atoms with Gasteiger partial charge in [0, 0.05) is 30.7 Å². The topological polar surface area (TPSA) is 84.0 Å². The van der Waals surface area contributed by atoms with Gasteiger partial charge < -0.3 is 10.2 Å². The highest BCUT2D eigenvalue weighted by Gasteiger charge is 2.48. The Morgan fingerprint density at radius 3 is 2.58 bits per heavy atom. The monoisotopic (exact) mass is 330 g/mol. The highest BCUT2D eigenvalue weighted by Crippen LogP contribution is 2.45. The van der Waals surface area contributed by atoms with Crippen LogP contribution in [0.5, 0.6) is 5.75 Å². The molecule has 0 bridgehead atoms. The molecule has 0 radical (unpaired) electrons. The van der Waals surface area contributed by atoms with Crippen LogP contribution in [0.25, 0.3) is 0 Å². The Kier molecular flexibility index (Phi) is 4.08. The van der Waals surface area contributed by atoms with Gasteiger partial charge in [0.1, 0.15) is 29.3 Å². The molecule has 3 N–H and O–H groups in total. The average molecular weight is 330 g/mol. The quantitative estimate of drug-likeness (QED) is 0.665. The van der Waals surface area contributed by atoms with Gasteiger partial charge in [0.15, 0.2) is 0 Å². The van der Waals surface area contributed by atoms with Crippen LogP contribution in [0.1, 0.15) is 24.0 Å². The van der Waals surface area contributed by atoms with Gasteiger partial charge in [-0.1, -0.05) is 0 Å². The lowest BCUT2D eigenvalue weighted by molar-refractivity contribution is 0.0659. The Labute approximate surface area is 138 Å². The fourth-order valence-electron chi connectivity index (χ4n) is 2.99. The minimum absolute atomic E-state index is 0.220. The third kappa shape index (κ3) is 2.76. The third-order valence-electron chi connectivity index (χ3n) is 4.37. The smallest absolute Gasteiger partial charge is 0.146 e. The van der Waals surface area contributed by atoms with Crippen LogP contribution in [0.3, 0.4) is 0 Å². The van der Waals surface area contributed by atoms with E-state index in [1.54, 1.807) is 12.3 Å². The molecule has 2 aromatic rings. The number of hydrazine groups is 1. The van der Waals surface area contributed by atoms with E-state index in [0.29, 0.717) is 30.0 Å². The Hall–Kier alpha value is -2.72. The lowest BCUT2D eigenvalue weighted by Crippen LogP contribution is -2.46. The second-order valence-corrected chi connectivity index (χ2v) is 5.93. The molecule has 0 amide bonds. The number of rotatable bonds is 4. The van der Waals surface area contributed by atoms with Crippen LogP contribution in [0.15, 0.2) is 30.5 Å². The molecule has 1 aliphatic rings. The van der Waals surface area contributed by atoms with Crippen LogP contribution >= 0.6 is 0 Å². The zero-order valence-corrected chi connectivity index (χ0v) is 13.0. The number of ether oxygens (including phenoxy) is 1. The van der Waals surface area contributed by atoms with Crippen LogP contribution in [0.4, 0.5) is 14.6 Å². The molecule has 5 nitrogen and oxygen atoms in total. The first kappa shape index (κ1) is 16.1. The van der Waals surface area contributed by atoms with Gasteiger partial charge in [0.2, 0.25) is 0 Å². The first-order valence-corrected chi connectivity index (χ1v) is 7.44. The maximum atomic E-state index is 13.4. The third-order valence-corrected chi connectivity index (χ3v) is 4.37. The Bertz CT molecular complexity index is 792. The summed E-state index contributed by atoms with van der Waals surface area (Å²) in [6.45, 7) is 1.82. The first-order chi connectivity index (χ1) is 11.5. The summed E-state index contributed by atoms with van der Waals surface area (Å²) in [4.78, 5) is 4.07. The molecule has 7 heteroatoms. The minimum Gasteiger partial charge on any atom is -0.490 e. The Morgan fingerprint density at radius 2 is 2.00 bits per heavy atom. The summed E-state index contributed by atoms with van der Waals surface area (Å²) in [6, 6.07) is 7.10. The van der Waals surface area contributed by atoms with E-state index < -0.39 is 17.0 Å². The van der Waals surface area contributed by atoms with Gasteiger partial charge in [-0.05, 0) is 30.7 Å². The number of hydrogen-bond acceptors (Lipinski definition) is 5. The highest BCUT2D eigenvalue weighted by atomic mass is 19.1. The molecule has 0 spiro atoms. The number of aromatic nitrogens is 1. The van der Waals surface area contributed by atoms with Crippen LogP contribution in [-0.4, -0.2) is 11.1 Å². The van der Waals surface area contributed by atoms with Crippen molar-refractivity contribution < 1.29 is 13.5 Å². The number of hydrogen-bond donors (Lipinski definition) is 2. The van der Waals surface area contributed by atoms with Crippen molar-refractivity contribution in [2.75, 3.05) is 5.43 Å². The standard InChI is InChI=1S/C17H16F2N4O/c1-10-15(2-3-22-16(10)23-21)24-14-7-17(8-14,9-20)11-4-12(18)6-13(19)5-11/h2-6,14H,7-8,21H2,1H3,(H,22,23). The van der Waals surface area contributed by atoms with Crippen molar-refractivity contribution in [1.82, 2.24) is 4.98 Å². The van der Waals surface area contributed by atoms with Gasteiger partial charge in [-0.2, -0.15) is 5.26 Å². The van der Waals surface area contributed by atoms with Crippen molar-refractivity contribution in [3.63, 3.8) is 0 Å². The van der Waals surface area contributed by atoms with Crippen LogP contribution in [0, 0.1) is 29.9 Å². The zero-order chi connectivity index (χ0) is 17.3. The molecule has 0 atom stereocenters. The largest absolute Gasteiger partial charge is 0.490 e. The number of nitrogens with zero attached hydrogens (tertiary/aromatic N) is 2. The summed E-state index contributed by atoms with van der Waals surface area (Å²) in [5.74, 6) is 5.13. The van der Waals surface area contributed by atoms with Crippen molar-refractivity contribution in [1.29, 1.82) is 5.26 Å². The van der Waals surface area contributed by atoms with Crippen molar-refractivity contribution >= 4 is 5.82 Å². The molecule has 1 aliphatic carbocycles. The minimum atomic E-state index is -0.927. The first-order valence-electron chi connectivity index (χ1n) is 7.44. The van der Waals surface area contributed by atoms with Gasteiger partial charge in [-0.25, -0.2) is 19.6 Å². The van der Waals surface area contributed by atoms with E-state index in [9.17, 15) is 14.0 Å². The Balaban J connectivity index is 1.77. The van der Waals surface area contributed by atoms with Gasteiger partial charge in [-0.15, -0.1) is 0 Å². The summed E-state index contributed by atoms with van der Waals surface area (Å²) in [7, 11) is 0. The maximum Gasteiger partial charge on any atom is 0.146 e. The van der Waals surface area contributed by atoms with Crippen molar-refractivity contribution in [3.8, 4) is 11.8 Å². The number of nitrogen functional groups attached to an aromatic ring is 1. The van der Waals surface area contributed by atoms with Crippen molar-refractivity contribution in [3.05, 3.63) is 53.2 Å². The molecule has 124 valence electrons. The average Bonchev–Trinajstić information content (AvgIpc) is 2.51. The van der Waals surface area contributed by atoms with E-state index >= 15 is 0 Å². The molecular weight excluding hydrogens is 314 g/mol. The summed E-state index contributed by atoms with van der Waals surface area (Å²) < 4.78 is 32.7. The predicted molar refractivity (Wildman–Crippen MR) is 84.1 cm³/mol. The molecule has 24 heavy (non-hydrogen) atoms. The highest BCUT2D eigenvalue weighted by molar-refractivity contribution is 5.50. The second kappa shape index (κ2) is 6.06. The van der Waals surface area contributed by atoms with Crippen molar-refractivity contribution in [2.24, 2.45) is 5.84 Å². The molecule has 0 saturated heterocycles. The SMILES string of the molecule is Cc1c(OC2CC(C#N)(c3cc(F)cc(F)c3)C2)ccnc1NN. The van der Waals surface area contributed by atoms with Crippen LogP contribution in [-0.2, 0) is 5.41 Å². The molecule has 0 aliphatic heterocycles. The van der Waals surface area contributed by atoms with Crippen molar-refractivity contribution in [2.45, 2.75) is 31.3 Å². The van der Waals surface area contributed by atoms with E-state index in [1.165, 1.54) is 12.1 Å². The van der Waals surface area contributed by atoms with E-state index in [2.05, 4.69) is 16.5 Å². The summed E-state index contributed by atoms with van der Waals surface area (Å²) in [6.07, 6.45) is 2.07. The normalized spacial score (nSPS) is 22.4. The number of benzene rings is 1. The molecule has 0 unspecified atom stereocenters. The number of pyridine rings is 1. The molecular formula is C17H16F2N4O. The molecule has 3 rings (SSSR count). The van der Waals surface area contributed by atoms with E-state index in [0.717, 1.165) is 11.6 Å². The molecule has 1 aromatic carbocycles. The van der Waals surface area contributed by atoms with Gasteiger partial charge >= 0.3 is 0 Å². The van der Waals surface area contributed by atoms with Gasteiger partial charge in [-0.3, -0.25) is 0 Å². The van der Waals surface area contributed by atoms with Crippen LogP contribution < -0.4 is 16.0 Å². The maximum absolute atomic E-state index is 13.4. The lowest BCUT2D eigenvalue weighted by Gasteiger charge is -2.42. The van der Waals surface area contributed by atoms with E-state index in [1.807, 2.05) is 6.92 Å². The zero-order valence-electron chi connectivity index (χ0n) is 13.0. The summed E-state index contributed by atoms with van der Waals surface area (Å²) in [5.41, 5.74) is 2.66. The number of nitriles is 1. The van der Waals surface area contributed by atoms with Gasteiger partial charge in [0.05, 0.1) is 11.5 Å².